The Morgan fingerprint density at radius 1 is 1.05 bits per heavy atom. The summed E-state index contributed by atoms with van der Waals surface area (Å²) in [6.07, 6.45) is 0. The zero-order valence-corrected chi connectivity index (χ0v) is 13.2. The van der Waals surface area contributed by atoms with Crippen LogP contribution in [-0.2, 0) is 0 Å². The van der Waals surface area contributed by atoms with E-state index in [4.69, 9.17) is 9.84 Å². The van der Waals surface area contributed by atoms with Gasteiger partial charge in [-0.2, -0.15) is 0 Å². The molecule has 0 atom stereocenters. The third-order valence-corrected chi connectivity index (χ3v) is 4.24. The lowest BCUT2D eigenvalue weighted by Gasteiger charge is -2.09. The minimum atomic E-state index is -0.952. The van der Waals surface area contributed by atoms with Gasteiger partial charge < -0.3 is 9.84 Å². The highest BCUT2D eigenvalue weighted by Crippen LogP contribution is 2.32. The van der Waals surface area contributed by atoms with Crippen LogP contribution in [0.3, 0.4) is 0 Å². The first kappa shape index (κ1) is 14.1. The first-order chi connectivity index (χ1) is 8.97. The van der Waals surface area contributed by atoms with E-state index in [0.717, 1.165) is 14.5 Å². The Bertz CT molecular complexity index is 598. The van der Waals surface area contributed by atoms with Crippen molar-refractivity contribution in [2.75, 3.05) is 0 Å². The summed E-state index contributed by atoms with van der Waals surface area (Å²) in [4.78, 5) is 10.7. The van der Waals surface area contributed by atoms with Crippen LogP contribution in [0, 0.1) is 6.92 Å². The maximum atomic E-state index is 10.7. The molecule has 0 radical (unpaired) electrons. The van der Waals surface area contributed by atoms with E-state index in [9.17, 15) is 4.79 Å². The van der Waals surface area contributed by atoms with Gasteiger partial charge in [0.1, 0.15) is 11.5 Å². The highest BCUT2D eigenvalue weighted by Gasteiger charge is 2.06. The average molecular weight is 386 g/mol. The second-order valence-corrected chi connectivity index (χ2v) is 5.65. The van der Waals surface area contributed by atoms with Crippen molar-refractivity contribution in [3.05, 3.63) is 56.5 Å². The second-order valence-electron chi connectivity index (χ2n) is 3.94. The molecule has 3 nitrogen and oxygen atoms in total. The summed E-state index contributed by atoms with van der Waals surface area (Å²) in [6.45, 7) is 1.99. The van der Waals surface area contributed by atoms with Gasteiger partial charge in [0.25, 0.3) is 0 Å². The molecule has 0 fully saturated rings. The molecule has 0 aliphatic carbocycles. The maximum Gasteiger partial charge on any atom is 0.335 e. The number of hydrogen-bond acceptors (Lipinski definition) is 2. The van der Waals surface area contributed by atoms with Crippen molar-refractivity contribution in [1.29, 1.82) is 0 Å². The van der Waals surface area contributed by atoms with E-state index in [-0.39, 0.29) is 5.56 Å². The Morgan fingerprint density at radius 3 is 2.05 bits per heavy atom. The first-order valence-electron chi connectivity index (χ1n) is 5.44. The van der Waals surface area contributed by atoms with Crippen molar-refractivity contribution < 1.29 is 14.6 Å². The van der Waals surface area contributed by atoms with E-state index in [0.29, 0.717) is 11.5 Å². The molecule has 0 saturated heterocycles. The van der Waals surface area contributed by atoms with E-state index in [1.807, 2.05) is 19.1 Å². The van der Waals surface area contributed by atoms with Gasteiger partial charge >= 0.3 is 5.97 Å². The van der Waals surface area contributed by atoms with Crippen LogP contribution < -0.4 is 4.74 Å². The molecule has 0 heterocycles. The number of aromatic carboxylic acids is 1. The van der Waals surface area contributed by atoms with Crippen molar-refractivity contribution in [3.63, 3.8) is 0 Å². The summed E-state index contributed by atoms with van der Waals surface area (Å²) < 4.78 is 7.56. The minimum absolute atomic E-state index is 0.235. The van der Waals surface area contributed by atoms with Crippen LogP contribution >= 0.6 is 31.9 Å². The average Bonchev–Trinajstić information content (AvgIpc) is 2.36. The van der Waals surface area contributed by atoms with Gasteiger partial charge in [0, 0.05) is 8.95 Å². The Balaban J connectivity index is 2.24. The second kappa shape index (κ2) is 5.75. The summed E-state index contributed by atoms with van der Waals surface area (Å²) in [5.41, 5.74) is 1.33. The Kier molecular flexibility index (Phi) is 4.27. The van der Waals surface area contributed by atoms with Crippen LogP contribution in [0.25, 0.3) is 0 Å². The zero-order valence-electron chi connectivity index (χ0n) is 9.98. The molecule has 0 aliphatic heterocycles. The molecule has 0 amide bonds. The van der Waals surface area contributed by atoms with E-state index < -0.39 is 5.97 Å². The molecule has 19 heavy (non-hydrogen) atoms. The summed E-state index contributed by atoms with van der Waals surface area (Å²) >= 11 is 6.91. The number of benzene rings is 2. The van der Waals surface area contributed by atoms with Gasteiger partial charge in [-0.3, -0.25) is 0 Å². The van der Waals surface area contributed by atoms with Gasteiger partial charge in [-0.25, -0.2) is 4.79 Å². The number of halogens is 2. The Hall–Kier alpha value is -1.33. The molecule has 0 aliphatic rings. The zero-order chi connectivity index (χ0) is 14.0. The molecule has 0 bridgehead atoms. The van der Waals surface area contributed by atoms with E-state index in [1.165, 1.54) is 12.1 Å². The van der Waals surface area contributed by atoms with E-state index in [1.54, 1.807) is 12.1 Å². The van der Waals surface area contributed by atoms with E-state index in [2.05, 4.69) is 31.9 Å². The summed E-state index contributed by atoms with van der Waals surface area (Å²) in [5.74, 6) is 0.312. The number of ether oxygens (including phenoxy) is 1. The van der Waals surface area contributed by atoms with Crippen LogP contribution in [0.1, 0.15) is 15.9 Å². The molecule has 2 aromatic carbocycles. The number of carboxylic acids is 1. The van der Waals surface area contributed by atoms with Crippen molar-refractivity contribution in [2.45, 2.75) is 6.92 Å². The van der Waals surface area contributed by atoms with Crippen LogP contribution in [0.2, 0.25) is 0 Å². The molecular formula is C14H10Br2O3. The molecule has 0 saturated carbocycles. The fourth-order valence-corrected chi connectivity index (χ4v) is 2.63. The lowest BCUT2D eigenvalue weighted by atomic mass is 10.2. The molecule has 0 aromatic heterocycles. The molecular weight excluding hydrogens is 376 g/mol. The molecule has 98 valence electrons. The van der Waals surface area contributed by atoms with Gasteiger partial charge in [-0.1, -0.05) is 31.9 Å². The monoisotopic (exact) mass is 384 g/mol. The smallest absolute Gasteiger partial charge is 0.335 e. The first-order valence-corrected chi connectivity index (χ1v) is 7.03. The highest BCUT2D eigenvalue weighted by molar-refractivity contribution is 9.11. The number of hydrogen-bond donors (Lipinski definition) is 1. The Labute approximate surface area is 127 Å². The normalized spacial score (nSPS) is 10.3. The molecule has 5 heteroatoms. The van der Waals surface area contributed by atoms with E-state index >= 15 is 0 Å². The lowest BCUT2D eigenvalue weighted by Crippen LogP contribution is -1.95. The number of carbonyl (C=O) groups is 1. The quantitative estimate of drug-likeness (QED) is 0.807. The third-order valence-electron chi connectivity index (χ3n) is 2.59. The van der Waals surface area contributed by atoms with Gasteiger partial charge in [-0.05, 0) is 48.9 Å². The van der Waals surface area contributed by atoms with Crippen LogP contribution in [0.4, 0.5) is 0 Å². The van der Waals surface area contributed by atoms with Gasteiger partial charge in [0.2, 0.25) is 0 Å². The van der Waals surface area contributed by atoms with Crippen LogP contribution in [0.15, 0.2) is 45.3 Å². The molecule has 2 rings (SSSR count). The van der Waals surface area contributed by atoms with Crippen molar-refractivity contribution in [1.82, 2.24) is 0 Å². The maximum absolute atomic E-state index is 10.7. The predicted octanol–water partition coefficient (Wildman–Crippen LogP) is 5.01. The van der Waals surface area contributed by atoms with Crippen LogP contribution in [0.5, 0.6) is 11.5 Å². The van der Waals surface area contributed by atoms with Crippen molar-refractivity contribution in [3.8, 4) is 11.5 Å². The topological polar surface area (TPSA) is 46.5 Å². The van der Waals surface area contributed by atoms with Crippen molar-refractivity contribution in [2.24, 2.45) is 0 Å². The minimum Gasteiger partial charge on any atom is -0.478 e. The number of carboxylic acid groups (broad SMARTS) is 1. The van der Waals surface area contributed by atoms with Gasteiger partial charge in [0.05, 0.1) is 5.56 Å². The molecule has 0 unspecified atom stereocenters. The fourth-order valence-electron chi connectivity index (χ4n) is 1.48. The predicted molar refractivity (Wildman–Crippen MR) is 80.1 cm³/mol. The summed E-state index contributed by atoms with van der Waals surface area (Å²) in [5, 5.41) is 8.82. The lowest BCUT2D eigenvalue weighted by molar-refractivity contribution is 0.0697. The van der Waals surface area contributed by atoms with Crippen LogP contribution in [-0.4, -0.2) is 11.1 Å². The van der Waals surface area contributed by atoms with Crippen molar-refractivity contribution >= 4 is 37.8 Å². The Morgan fingerprint density at radius 2 is 1.58 bits per heavy atom. The number of rotatable bonds is 3. The summed E-state index contributed by atoms with van der Waals surface area (Å²) in [6, 6.07) is 10.0. The highest BCUT2D eigenvalue weighted by atomic mass is 79.9. The molecule has 2 aromatic rings. The fraction of sp³-hybridized carbons (Fsp3) is 0.0714. The largest absolute Gasteiger partial charge is 0.478 e. The third kappa shape index (κ3) is 3.36. The van der Waals surface area contributed by atoms with Gasteiger partial charge in [-0.15, -0.1) is 0 Å². The SMILES string of the molecule is Cc1c(Br)cc(Oc2ccc(C(=O)O)cc2)cc1Br. The molecule has 1 N–H and O–H groups in total. The standard InChI is InChI=1S/C14H10Br2O3/c1-8-12(15)6-11(7-13(8)16)19-10-4-2-9(3-5-10)14(17)18/h2-7H,1H3,(H,17,18). The van der Waals surface area contributed by atoms with Gasteiger partial charge in [0.15, 0.2) is 0 Å². The molecule has 0 spiro atoms. The summed E-state index contributed by atoms with van der Waals surface area (Å²) in [7, 11) is 0.